The van der Waals surface area contributed by atoms with Crippen LogP contribution in [-0.4, -0.2) is 39.8 Å². The van der Waals surface area contributed by atoms with Crippen LogP contribution < -0.4 is 14.9 Å². The van der Waals surface area contributed by atoms with Crippen LogP contribution in [0.1, 0.15) is 22.9 Å². The Labute approximate surface area is 188 Å². The van der Waals surface area contributed by atoms with Gasteiger partial charge in [0, 0.05) is 24.5 Å². The number of nitrogens with one attached hydrogen (secondary N) is 2. The fourth-order valence-corrected chi connectivity index (χ4v) is 5.32. The van der Waals surface area contributed by atoms with E-state index in [1.165, 1.54) is 14.7 Å². The molecule has 0 fully saturated rings. The molecule has 0 radical (unpaired) electrons. The van der Waals surface area contributed by atoms with Crippen molar-refractivity contribution in [2.45, 2.75) is 26.8 Å². The summed E-state index contributed by atoms with van der Waals surface area (Å²) in [5.41, 5.74) is 3.14. The Bertz CT molecular complexity index is 912. The van der Waals surface area contributed by atoms with Crippen molar-refractivity contribution < 1.29 is 8.42 Å². The van der Waals surface area contributed by atoms with Crippen LogP contribution in [0.3, 0.4) is 0 Å². The summed E-state index contributed by atoms with van der Waals surface area (Å²) in [5, 5.41) is 8.37. The standard InChI is InChI=1S/C19H26N4O2S2.HI/c1-3-20-19(22-14-18-15(2)9-12-26-18)21-10-13-27(24,25)23-11-8-16-6-4-5-7-17(16)23;/h4-7,9,12H,3,8,10-11,13-14H2,1-2H3,(H2,20,21,22);1H. The predicted octanol–water partition coefficient (Wildman–Crippen LogP) is 3.12. The molecule has 0 aliphatic carbocycles. The van der Waals surface area contributed by atoms with Gasteiger partial charge < -0.3 is 10.6 Å². The number of guanidine groups is 1. The van der Waals surface area contributed by atoms with Crippen LogP contribution in [0, 0.1) is 6.92 Å². The number of rotatable bonds is 7. The second-order valence-electron chi connectivity index (χ2n) is 6.42. The molecule has 154 valence electrons. The molecule has 0 spiro atoms. The molecule has 2 N–H and O–H groups in total. The number of hydrogen-bond donors (Lipinski definition) is 2. The van der Waals surface area contributed by atoms with Gasteiger partial charge >= 0.3 is 0 Å². The molecule has 1 aromatic carbocycles. The predicted molar refractivity (Wildman–Crippen MR) is 129 cm³/mol. The number of hydrogen-bond acceptors (Lipinski definition) is 4. The lowest BCUT2D eigenvalue weighted by Gasteiger charge is -2.20. The van der Waals surface area contributed by atoms with Crippen molar-refractivity contribution in [2.75, 3.05) is 29.7 Å². The third kappa shape index (κ3) is 5.60. The Kier molecular flexibility index (Phi) is 8.56. The number of halogens is 1. The largest absolute Gasteiger partial charge is 0.357 e. The Morgan fingerprint density at radius 2 is 2.04 bits per heavy atom. The summed E-state index contributed by atoms with van der Waals surface area (Å²) in [4.78, 5) is 5.78. The van der Waals surface area contributed by atoms with Gasteiger partial charge in [-0.1, -0.05) is 18.2 Å². The maximum absolute atomic E-state index is 12.8. The number of sulfonamides is 1. The van der Waals surface area contributed by atoms with Gasteiger partial charge in [0.1, 0.15) is 0 Å². The fraction of sp³-hybridized carbons (Fsp3) is 0.421. The van der Waals surface area contributed by atoms with Gasteiger partial charge in [0.05, 0.1) is 18.0 Å². The number of nitrogens with zero attached hydrogens (tertiary/aromatic N) is 2. The molecule has 9 heteroatoms. The molecule has 3 rings (SSSR count). The molecule has 0 amide bonds. The molecule has 2 heterocycles. The van der Waals surface area contributed by atoms with Crippen molar-refractivity contribution in [3.63, 3.8) is 0 Å². The summed E-state index contributed by atoms with van der Waals surface area (Å²) in [5.74, 6) is 0.673. The van der Waals surface area contributed by atoms with Crippen LogP contribution in [0.15, 0.2) is 40.7 Å². The first-order chi connectivity index (χ1) is 13.0. The van der Waals surface area contributed by atoms with Crippen LogP contribution in [0.5, 0.6) is 0 Å². The zero-order chi connectivity index (χ0) is 19.3. The summed E-state index contributed by atoms with van der Waals surface area (Å²) in [6, 6.07) is 9.78. The molecule has 0 unspecified atom stereocenters. The van der Waals surface area contributed by atoms with E-state index in [1.54, 1.807) is 11.3 Å². The van der Waals surface area contributed by atoms with Gasteiger partial charge in [-0.15, -0.1) is 35.3 Å². The topological polar surface area (TPSA) is 73.8 Å². The van der Waals surface area contributed by atoms with Gasteiger partial charge in [-0.3, -0.25) is 4.31 Å². The van der Waals surface area contributed by atoms with E-state index in [0.29, 0.717) is 25.6 Å². The van der Waals surface area contributed by atoms with Crippen molar-refractivity contribution in [3.8, 4) is 0 Å². The summed E-state index contributed by atoms with van der Waals surface area (Å²) >= 11 is 1.68. The molecule has 0 saturated carbocycles. The van der Waals surface area contributed by atoms with E-state index in [9.17, 15) is 8.42 Å². The first-order valence-corrected chi connectivity index (χ1v) is 11.6. The third-order valence-corrected chi connectivity index (χ3v) is 7.30. The summed E-state index contributed by atoms with van der Waals surface area (Å²) < 4.78 is 27.0. The van der Waals surface area contributed by atoms with Gasteiger partial charge in [0.25, 0.3) is 0 Å². The maximum atomic E-state index is 12.8. The number of thiophene rings is 1. The molecule has 0 atom stereocenters. The lowest BCUT2D eigenvalue weighted by atomic mass is 10.2. The Morgan fingerprint density at radius 1 is 1.25 bits per heavy atom. The van der Waals surface area contributed by atoms with Crippen molar-refractivity contribution in [2.24, 2.45) is 4.99 Å². The molecular weight excluding hydrogens is 507 g/mol. The number of aryl methyl sites for hydroxylation is 1. The second-order valence-corrected chi connectivity index (χ2v) is 9.43. The minimum atomic E-state index is -3.36. The number of para-hydroxylation sites is 1. The van der Waals surface area contributed by atoms with Gasteiger partial charge in [-0.25, -0.2) is 13.4 Å². The van der Waals surface area contributed by atoms with Crippen LogP contribution in [0.25, 0.3) is 0 Å². The lowest BCUT2D eigenvalue weighted by Crippen LogP contribution is -2.42. The number of aliphatic imine (C=N–C) groups is 1. The SMILES string of the molecule is CCNC(=NCc1sccc1C)NCCS(=O)(=O)N1CCc2ccccc21.I. The molecule has 6 nitrogen and oxygen atoms in total. The van der Waals surface area contributed by atoms with Crippen LogP contribution in [-0.2, 0) is 23.0 Å². The van der Waals surface area contributed by atoms with Crippen LogP contribution in [0.4, 0.5) is 5.69 Å². The Hall–Kier alpha value is -1.33. The van der Waals surface area contributed by atoms with Gasteiger partial charge in [0.15, 0.2) is 5.96 Å². The molecule has 1 aliphatic heterocycles. The number of benzene rings is 1. The van der Waals surface area contributed by atoms with Crippen molar-refractivity contribution in [1.82, 2.24) is 10.6 Å². The van der Waals surface area contributed by atoms with E-state index in [4.69, 9.17) is 0 Å². The molecule has 28 heavy (non-hydrogen) atoms. The van der Waals surface area contributed by atoms with Crippen molar-refractivity contribution in [1.29, 1.82) is 0 Å². The monoisotopic (exact) mass is 534 g/mol. The summed E-state index contributed by atoms with van der Waals surface area (Å²) in [6.07, 6.45) is 0.771. The van der Waals surface area contributed by atoms with Crippen LogP contribution >= 0.6 is 35.3 Å². The van der Waals surface area contributed by atoms with Gasteiger partial charge in [-0.2, -0.15) is 0 Å². The molecule has 1 aliphatic rings. The zero-order valence-electron chi connectivity index (χ0n) is 16.1. The Balaban J connectivity index is 0.00000280. The minimum Gasteiger partial charge on any atom is -0.357 e. The second kappa shape index (κ2) is 10.4. The van der Waals surface area contributed by atoms with Crippen molar-refractivity contribution >= 4 is 57.0 Å². The van der Waals surface area contributed by atoms with E-state index < -0.39 is 10.0 Å². The summed E-state index contributed by atoms with van der Waals surface area (Å²) in [7, 11) is -3.36. The van der Waals surface area contributed by atoms with Crippen LogP contribution in [0.2, 0.25) is 0 Å². The van der Waals surface area contributed by atoms with E-state index in [0.717, 1.165) is 24.2 Å². The smallest absolute Gasteiger partial charge is 0.236 e. The molecule has 1 aromatic heterocycles. The van der Waals surface area contributed by atoms with Crippen molar-refractivity contribution in [3.05, 3.63) is 51.7 Å². The highest BCUT2D eigenvalue weighted by molar-refractivity contribution is 14.0. The average Bonchev–Trinajstić information content (AvgIpc) is 3.26. The van der Waals surface area contributed by atoms with Gasteiger partial charge in [0.2, 0.25) is 10.0 Å². The first kappa shape index (κ1) is 23.0. The molecule has 2 aromatic rings. The normalized spacial score (nSPS) is 13.8. The van der Waals surface area contributed by atoms with E-state index in [1.807, 2.05) is 31.2 Å². The fourth-order valence-electron chi connectivity index (χ4n) is 3.06. The molecule has 0 bridgehead atoms. The maximum Gasteiger partial charge on any atom is 0.236 e. The van der Waals surface area contributed by atoms with E-state index in [2.05, 4.69) is 34.0 Å². The summed E-state index contributed by atoms with van der Waals surface area (Å²) in [6.45, 7) is 6.21. The van der Waals surface area contributed by atoms with E-state index >= 15 is 0 Å². The molecule has 0 saturated heterocycles. The average molecular weight is 534 g/mol. The van der Waals surface area contributed by atoms with E-state index in [-0.39, 0.29) is 29.7 Å². The minimum absolute atomic E-state index is 0. The Morgan fingerprint density at radius 3 is 2.75 bits per heavy atom. The first-order valence-electron chi connectivity index (χ1n) is 9.14. The highest BCUT2D eigenvalue weighted by atomic mass is 127. The lowest BCUT2D eigenvalue weighted by molar-refractivity contribution is 0.591. The highest BCUT2D eigenvalue weighted by Gasteiger charge is 2.28. The quantitative estimate of drug-likeness (QED) is 0.325. The number of anilines is 1. The third-order valence-electron chi connectivity index (χ3n) is 4.53. The number of fused-ring (bicyclic) bond motifs is 1. The van der Waals surface area contributed by atoms with Gasteiger partial charge in [-0.05, 0) is 48.9 Å². The zero-order valence-corrected chi connectivity index (χ0v) is 20.1. The highest BCUT2D eigenvalue weighted by Crippen LogP contribution is 2.29. The molecular formula is C19H27IN4O2S2.